The van der Waals surface area contributed by atoms with Crippen LogP contribution in [0.2, 0.25) is 0 Å². The molecule has 11 radical (unpaired) electrons. The van der Waals surface area contributed by atoms with Gasteiger partial charge >= 0.3 is 0 Å². The molecule has 4 heteroatoms. The van der Waals surface area contributed by atoms with Gasteiger partial charge in [-0.1, -0.05) is 0 Å². The van der Waals surface area contributed by atoms with E-state index in [0.717, 1.165) is 0 Å². The summed E-state index contributed by atoms with van der Waals surface area (Å²) in [5.74, 6) is -0.125. The first kappa shape index (κ1) is 23.9. The summed E-state index contributed by atoms with van der Waals surface area (Å²) >= 11 is 0. The third-order valence-electron chi connectivity index (χ3n) is 1.61. The van der Waals surface area contributed by atoms with Crippen molar-refractivity contribution in [1.82, 2.24) is 0 Å². The Morgan fingerprint density at radius 2 is 0.789 bits per heavy atom. The minimum absolute atomic E-state index is 0. The molecule has 0 aromatic heterocycles. The normalized spacial score (nSPS) is 15.7. The van der Waals surface area contributed by atoms with Gasteiger partial charge in [0.15, 0.2) is 0 Å². The van der Waals surface area contributed by atoms with Gasteiger partial charge in [-0.25, -0.2) is 0 Å². The minimum Gasteiger partial charge on any atom is -2.00 e. The number of carbonyl (C=O) groups excluding carboxylic acids is 2. The zero-order chi connectivity index (χ0) is 12.9. The van der Waals surface area contributed by atoms with Crippen LogP contribution in [0.4, 0.5) is 0 Å². The fourth-order valence-electron chi connectivity index (χ4n) is 0.992. The fourth-order valence-corrected chi connectivity index (χ4v) is 0.992. The molecule has 2 aliphatic rings. The molecule has 0 aromatic rings. The van der Waals surface area contributed by atoms with Crippen LogP contribution in [-0.2, 0) is 33.6 Å². The van der Waals surface area contributed by atoms with Gasteiger partial charge in [-0.15, -0.1) is 0 Å². The van der Waals surface area contributed by atoms with Crippen LogP contribution in [-0.4, -0.2) is 11.6 Å². The number of Topliss-reactive ketones (excluding diaryl/α,β-unsaturated/α-hetero) is 2. The van der Waals surface area contributed by atoms with E-state index in [0.29, 0.717) is 0 Å². The van der Waals surface area contributed by atoms with E-state index in [9.17, 15) is 9.59 Å². The molecule has 2 rings (SSSR count). The van der Waals surface area contributed by atoms with Crippen LogP contribution in [0, 0.1) is 64.2 Å². The SMILES string of the molecule is CC(=O)CC(C)=O.[CH]1[CH][CH][CH][CH]1.[CH]1[CH][CH][CH][CH]1.[O-2].[V]. The van der Waals surface area contributed by atoms with Crippen LogP contribution in [0.1, 0.15) is 20.3 Å². The molecule has 0 saturated heterocycles. The van der Waals surface area contributed by atoms with Crippen molar-refractivity contribution in [2.75, 3.05) is 0 Å². The first-order chi connectivity index (χ1) is 8.13. The number of rotatable bonds is 2. The van der Waals surface area contributed by atoms with E-state index in [2.05, 4.69) is 0 Å². The van der Waals surface area contributed by atoms with Gasteiger partial charge in [-0.05, 0) is 78.1 Å². The van der Waals surface area contributed by atoms with Crippen molar-refractivity contribution in [2.45, 2.75) is 20.3 Å². The molecular weight excluding hydrogens is 279 g/mol. The fraction of sp³-hybridized carbons (Fsp3) is 0.200. The maximum atomic E-state index is 10.0. The maximum absolute atomic E-state index is 10.0. The van der Waals surface area contributed by atoms with Crippen molar-refractivity contribution in [3.63, 3.8) is 0 Å². The largest absolute Gasteiger partial charge is 2.00 e. The molecule has 0 aliphatic heterocycles. The molecule has 0 aromatic carbocycles. The summed E-state index contributed by atoms with van der Waals surface area (Å²) in [4.78, 5) is 20.1. The van der Waals surface area contributed by atoms with Crippen LogP contribution in [0.15, 0.2) is 0 Å². The third-order valence-corrected chi connectivity index (χ3v) is 1.61. The molecule has 0 unspecified atom stereocenters. The van der Waals surface area contributed by atoms with Crippen molar-refractivity contribution in [3.05, 3.63) is 64.2 Å². The van der Waals surface area contributed by atoms with Gasteiger partial charge in [0, 0.05) is 18.6 Å². The molecule has 19 heavy (non-hydrogen) atoms. The van der Waals surface area contributed by atoms with Crippen LogP contribution in [0.5, 0.6) is 0 Å². The van der Waals surface area contributed by atoms with E-state index in [4.69, 9.17) is 0 Å². The molecular formula is C15H18O3V-2. The Bertz CT molecular complexity index is 172. The van der Waals surface area contributed by atoms with Gasteiger partial charge in [0.05, 0.1) is 6.42 Å². The third kappa shape index (κ3) is 23.4. The second kappa shape index (κ2) is 17.9. The van der Waals surface area contributed by atoms with Crippen molar-refractivity contribution in [1.29, 1.82) is 0 Å². The van der Waals surface area contributed by atoms with Gasteiger partial charge < -0.3 is 5.48 Å². The molecule has 2 fully saturated rings. The summed E-state index contributed by atoms with van der Waals surface area (Å²) < 4.78 is 0. The van der Waals surface area contributed by atoms with E-state index in [1.807, 2.05) is 64.2 Å². The molecule has 103 valence electrons. The monoisotopic (exact) mass is 297 g/mol. The number of hydrogen-bond acceptors (Lipinski definition) is 2. The van der Waals surface area contributed by atoms with Crippen LogP contribution in [0.3, 0.4) is 0 Å². The van der Waals surface area contributed by atoms with Gasteiger partial charge in [-0.3, -0.25) is 9.59 Å². The maximum Gasteiger partial charge on any atom is 0.137 e. The van der Waals surface area contributed by atoms with Crippen molar-refractivity contribution < 1.29 is 33.6 Å². The quantitative estimate of drug-likeness (QED) is 0.735. The van der Waals surface area contributed by atoms with Gasteiger partial charge in [0.25, 0.3) is 0 Å². The Morgan fingerprint density at radius 1 is 0.632 bits per heavy atom. The van der Waals surface area contributed by atoms with Crippen LogP contribution >= 0.6 is 0 Å². The minimum atomic E-state index is -0.0625. The van der Waals surface area contributed by atoms with E-state index < -0.39 is 0 Å². The second-order valence-corrected chi connectivity index (χ2v) is 3.51. The molecule has 2 saturated carbocycles. The Hall–Kier alpha value is -0.116. The van der Waals surface area contributed by atoms with Crippen molar-refractivity contribution in [3.8, 4) is 0 Å². The summed E-state index contributed by atoms with van der Waals surface area (Å²) in [5, 5.41) is 0. The summed E-state index contributed by atoms with van der Waals surface area (Å²) in [6.45, 7) is 2.81. The summed E-state index contributed by atoms with van der Waals surface area (Å²) in [7, 11) is 0. The van der Waals surface area contributed by atoms with Crippen molar-refractivity contribution in [2.24, 2.45) is 0 Å². The Morgan fingerprint density at radius 3 is 0.842 bits per heavy atom. The van der Waals surface area contributed by atoms with Crippen LogP contribution < -0.4 is 0 Å². The summed E-state index contributed by atoms with van der Waals surface area (Å²) in [5.41, 5.74) is 0. The van der Waals surface area contributed by atoms with Gasteiger partial charge in [0.1, 0.15) is 11.6 Å². The molecule has 0 bridgehead atoms. The van der Waals surface area contributed by atoms with E-state index in [1.54, 1.807) is 0 Å². The van der Waals surface area contributed by atoms with E-state index in [-0.39, 0.29) is 42.0 Å². The summed E-state index contributed by atoms with van der Waals surface area (Å²) in [6, 6.07) is 0. The average molecular weight is 297 g/mol. The number of carbonyl (C=O) groups is 2. The zero-order valence-corrected chi connectivity index (χ0v) is 12.5. The molecule has 0 N–H and O–H groups in total. The Balaban J connectivity index is -0.000000194. The van der Waals surface area contributed by atoms with E-state index >= 15 is 0 Å². The van der Waals surface area contributed by atoms with Gasteiger partial charge in [0.2, 0.25) is 0 Å². The first-order valence-electron chi connectivity index (χ1n) is 5.45. The Kier molecular flexibility index (Phi) is 22.5. The van der Waals surface area contributed by atoms with Crippen LogP contribution in [0.25, 0.3) is 0 Å². The number of hydrogen-bond donors (Lipinski definition) is 0. The molecule has 0 atom stereocenters. The van der Waals surface area contributed by atoms with Crippen molar-refractivity contribution >= 4 is 11.6 Å². The first-order valence-corrected chi connectivity index (χ1v) is 5.45. The summed E-state index contributed by atoms with van der Waals surface area (Å²) in [6.07, 6.45) is 20.1. The average Bonchev–Trinajstić information content (AvgIpc) is 2.96. The predicted octanol–water partition coefficient (Wildman–Crippen LogP) is 2.48. The number of ketones is 2. The smallest absolute Gasteiger partial charge is 0.137 e. The predicted molar refractivity (Wildman–Crippen MR) is 69.7 cm³/mol. The molecule has 0 amide bonds. The zero-order valence-electron chi connectivity index (χ0n) is 11.2. The standard InChI is InChI=1S/C5H8O2.2C5H5.O.V/c1-4(6)3-5(2)7;2*1-2-4-5-3-1;;/h3H2,1-2H3;2*1-5H;;/q;;;-2;. The van der Waals surface area contributed by atoms with Gasteiger partial charge in [-0.2, -0.15) is 0 Å². The molecule has 0 spiro atoms. The molecule has 0 heterocycles. The second-order valence-electron chi connectivity index (χ2n) is 3.51. The molecule has 2 aliphatic carbocycles. The van der Waals surface area contributed by atoms with E-state index in [1.165, 1.54) is 13.8 Å². The topological polar surface area (TPSA) is 62.6 Å². The molecule has 3 nitrogen and oxygen atoms in total. The Labute approximate surface area is 130 Å².